The molecule has 1 atom stereocenters. The fourth-order valence-electron chi connectivity index (χ4n) is 1.96. The highest BCUT2D eigenvalue weighted by molar-refractivity contribution is 5.93. The van der Waals surface area contributed by atoms with E-state index in [0.717, 1.165) is 5.69 Å². The van der Waals surface area contributed by atoms with E-state index in [1.807, 2.05) is 25.1 Å². The van der Waals surface area contributed by atoms with Crippen LogP contribution in [0.4, 0.5) is 5.69 Å². The summed E-state index contributed by atoms with van der Waals surface area (Å²) in [5.41, 5.74) is 0.725. The number of rotatable bonds is 8. The number of hydrogen-bond donors (Lipinski definition) is 1. The molecule has 1 amide bonds. The quantitative estimate of drug-likeness (QED) is 0.792. The number of amides is 1. The molecule has 5 heteroatoms. The summed E-state index contributed by atoms with van der Waals surface area (Å²) in [6, 6.07) is 9.13. The molecular formula is C15H21NO4. The number of anilines is 1. The lowest BCUT2D eigenvalue weighted by Gasteiger charge is -2.23. The third-order valence-electron chi connectivity index (χ3n) is 2.89. The van der Waals surface area contributed by atoms with Crippen molar-refractivity contribution in [2.75, 3.05) is 25.2 Å². The molecule has 20 heavy (non-hydrogen) atoms. The average Bonchev–Trinajstić information content (AvgIpc) is 2.40. The van der Waals surface area contributed by atoms with Gasteiger partial charge >= 0.3 is 5.97 Å². The first-order valence-corrected chi connectivity index (χ1v) is 6.60. The molecule has 110 valence electrons. The smallest absolute Gasteiger partial charge is 0.305 e. The van der Waals surface area contributed by atoms with Gasteiger partial charge in [0.2, 0.25) is 5.91 Å². The maximum atomic E-state index is 12.3. The Kier molecular flexibility index (Phi) is 6.73. The van der Waals surface area contributed by atoms with Gasteiger partial charge in [-0.25, -0.2) is 0 Å². The number of benzene rings is 1. The Hall–Kier alpha value is -1.88. The number of carboxylic acid groups (broad SMARTS) is 1. The first-order chi connectivity index (χ1) is 9.54. The molecule has 0 fully saturated rings. The molecule has 0 bridgehead atoms. The zero-order chi connectivity index (χ0) is 15.0. The molecular weight excluding hydrogens is 258 g/mol. The van der Waals surface area contributed by atoms with Gasteiger partial charge in [0.25, 0.3) is 0 Å². The van der Waals surface area contributed by atoms with Crippen LogP contribution in [0, 0.1) is 5.92 Å². The Morgan fingerprint density at radius 3 is 2.50 bits per heavy atom. The highest BCUT2D eigenvalue weighted by Crippen LogP contribution is 2.17. The van der Waals surface area contributed by atoms with Crippen molar-refractivity contribution in [1.82, 2.24) is 0 Å². The van der Waals surface area contributed by atoms with E-state index in [2.05, 4.69) is 0 Å². The molecule has 0 saturated heterocycles. The molecule has 0 aliphatic rings. The van der Waals surface area contributed by atoms with Crippen LogP contribution in [0.25, 0.3) is 0 Å². The number of para-hydroxylation sites is 1. The zero-order valence-corrected chi connectivity index (χ0v) is 11.9. The average molecular weight is 279 g/mol. The van der Waals surface area contributed by atoms with Crippen LogP contribution in [-0.2, 0) is 14.3 Å². The third kappa shape index (κ3) is 5.40. The van der Waals surface area contributed by atoms with E-state index in [4.69, 9.17) is 9.84 Å². The topological polar surface area (TPSA) is 66.8 Å². The van der Waals surface area contributed by atoms with E-state index in [1.54, 1.807) is 19.2 Å². The minimum Gasteiger partial charge on any atom is -0.481 e. The summed E-state index contributed by atoms with van der Waals surface area (Å²) in [4.78, 5) is 24.6. The van der Waals surface area contributed by atoms with E-state index in [9.17, 15) is 9.59 Å². The highest BCUT2D eigenvalue weighted by atomic mass is 16.5. The Labute approximate surface area is 119 Å². The maximum absolute atomic E-state index is 12.3. The van der Waals surface area contributed by atoms with Gasteiger partial charge in [-0.2, -0.15) is 0 Å². The van der Waals surface area contributed by atoms with Crippen LogP contribution in [0.15, 0.2) is 30.3 Å². The second kappa shape index (κ2) is 8.32. The lowest BCUT2D eigenvalue weighted by atomic mass is 10.1. The Morgan fingerprint density at radius 1 is 1.30 bits per heavy atom. The minimum absolute atomic E-state index is 0.0701. The molecule has 1 rings (SSSR count). The number of carboxylic acids is 1. The molecule has 1 N–H and O–H groups in total. The molecule has 0 aliphatic carbocycles. The summed E-state index contributed by atoms with van der Waals surface area (Å²) in [6.07, 6.45) is 0.266. The monoisotopic (exact) mass is 279 g/mol. The van der Waals surface area contributed by atoms with Gasteiger partial charge in [0.15, 0.2) is 0 Å². The van der Waals surface area contributed by atoms with Crippen LogP contribution < -0.4 is 4.90 Å². The van der Waals surface area contributed by atoms with Gasteiger partial charge in [-0.3, -0.25) is 9.59 Å². The van der Waals surface area contributed by atoms with Crippen molar-refractivity contribution < 1.29 is 19.4 Å². The summed E-state index contributed by atoms with van der Waals surface area (Å²) < 4.78 is 5.02. The van der Waals surface area contributed by atoms with Crippen LogP contribution >= 0.6 is 0 Å². The fraction of sp³-hybridized carbons (Fsp3) is 0.467. The van der Waals surface area contributed by atoms with Crippen LogP contribution in [0.3, 0.4) is 0 Å². The molecule has 5 nitrogen and oxygen atoms in total. The molecule has 0 heterocycles. The summed E-state index contributed by atoms with van der Waals surface area (Å²) in [5.74, 6) is -0.894. The van der Waals surface area contributed by atoms with E-state index in [1.165, 1.54) is 4.90 Å². The molecule has 0 saturated carbocycles. The van der Waals surface area contributed by atoms with E-state index < -0.39 is 5.97 Å². The maximum Gasteiger partial charge on any atom is 0.305 e. The van der Waals surface area contributed by atoms with Crippen molar-refractivity contribution in [2.24, 2.45) is 5.92 Å². The van der Waals surface area contributed by atoms with Crippen LogP contribution in [0.2, 0.25) is 0 Å². The third-order valence-corrected chi connectivity index (χ3v) is 2.89. The number of nitrogens with zero attached hydrogens (tertiary/aromatic N) is 1. The SMILES string of the molecule is COCC(C)CC(=O)N(CCC(=O)O)c1ccccc1. The highest BCUT2D eigenvalue weighted by Gasteiger charge is 2.19. The predicted molar refractivity (Wildman–Crippen MR) is 76.7 cm³/mol. The summed E-state index contributed by atoms with van der Waals surface area (Å²) in [6.45, 7) is 2.62. The van der Waals surface area contributed by atoms with Crippen molar-refractivity contribution in [3.05, 3.63) is 30.3 Å². The second-order valence-electron chi connectivity index (χ2n) is 4.79. The van der Waals surface area contributed by atoms with E-state index >= 15 is 0 Å². The van der Waals surface area contributed by atoms with Crippen molar-refractivity contribution in [3.63, 3.8) is 0 Å². The molecule has 0 spiro atoms. The number of ether oxygens (including phenoxy) is 1. The predicted octanol–water partition coefficient (Wildman–Crippen LogP) is 2.17. The number of carbonyl (C=O) groups is 2. The normalized spacial score (nSPS) is 11.9. The van der Waals surface area contributed by atoms with Crippen LogP contribution in [0.5, 0.6) is 0 Å². The molecule has 1 unspecified atom stereocenters. The van der Waals surface area contributed by atoms with Crippen molar-refractivity contribution in [3.8, 4) is 0 Å². The minimum atomic E-state index is -0.913. The van der Waals surface area contributed by atoms with Gasteiger partial charge in [0, 0.05) is 32.4 Å². The number of carbonyl (C=O) groups excluding carboxylic acids is 1. The Bertz CT molecular complexity index is 433. The van der Waals surface area contributed by atoms with Crippen molar-refractivity contribution >= 4 is 17.6 Å². The first-order valence-electron chi connectivity index (χ1n) is 6.60. The number of hydrogen-bond acceptors (Lipinski definition) is 3. The molecule has 1 aromatic rings. The van der Waals surface area contributed by atoms with Gasteiger partial charge in [0.05, 0.1) is 6.42 Å². The Morgan fingerprint density at radius 2 is 1.95 bits per heavy atom. The van der Waals surface area contributed by atoms with E-state index in [0.29, 0.717) is 13.0 Å². The first kappa shape index (κ1) is 16.2. The lowest BCUT2D eigenvalue weighted by molar-refractivity contribution is -0.136. The van der Waals surface area contributed by atoms with Gasteiger partial charge in [0.1, 0.15) is 0 Å². The van der Waals surface area contributed by atoms with Gasteiger partial charge < -0.3 is 14.7 Å². The molecule has 1 aromatic carbocycles. The zero-order valence-electron chi connectivity index (χ0n) is 11.9. The summed E-state index contributed by atoms with van der Waals surface area (Å²) in [5, 5.41) is 8.80. The number of aliphatic carboxylic acids is 1. The molecule has 0 aliphatic heterocycles. The largest absolute Gasteiger partial charge is 0.481 e. The second-order valence-corrected chi connectivity index (χ2v) is 4.79. The van der Waals surface area contributed by atoms with E-state index in [-0.39, 0.29) is 24.8 Å². The number of methoxy groups -OCH3 is 1. The van der Waals surface area contributed by atoms with Gasteiger partial charge in [-0.05, 0) is 18.1 Å². The lowest BCUT2D eigenvalue weighted by Crippen LogP contribution is -2.34. The summed E-state index contributed by atoms with van der Waals surface area (Å²) >= 11 is 0. The van der Waals surface area contributed by atoms with Gasteiger partial charge in [-0.1, -0.05) is 25.1 Å². The van der Waals surface area contributed by atoms with Crippen molar-refractivity contribution in [1.29, 1.82) is 0 Å². The fourth-order valence-corrected chi connectivity index (χ4v) is 1.96. The summed E-state index contributed by atoms with van der Waals surface area (Å²) in [7, 11) is 1.60. The van der Waals surface area contributed by atoms with Crippen LogP contribution in [-0.4, -0.2) is 37.2 Å². The molecule has 0 aromatic heterocycles. The van der Waals surface area contributed by atoms with Crippen LogP contribution in [0.1, 0.15) is 19.8 Å². The standard InChI is InChI=1S/C15H21NO4/c1-12(11-20-2)10-14(17)16(9-8-15(18)19)13-6-4-3-5-7-13/h3-7,12H,8-11H2,1-2H3,(H,18,19). The van der Waals surface area contributed by atoms with Gasteiger partial charge in [-0.15, -0.1) is 0 Å². The molecule has 0 radical (unpaired) electrons. The van der Waals surface area contributed by atoms with Crippen molar-refractivity contribution in [2.45, 2.75) is 19.8 Å². The Balaban J connectivity index is 2.76.